The lowest BCUT2D eigenvalue weighted by Crippen LogP contribution is -2.30. The topological polar surface area (TPSA) is 118 Å². The van der Waals surface area contributed by atoms with Gasteiger partial charge in [0.15, 0.2) is 0 Å². The van der Waals surface area contributed by atoms with Crippen LogP contribution < -0.4 is 10.9 Å². The van der Waals surface area contributed by atoms with E-state index >= 15 is 0 Å². The van der Waals surface area contributed by atoms with Crippen LogP contribution in [0.25, 0.3) is 0 Å². The third-order valence-electron chi connectivity index (χ3n) is 4.75. The molecular formula is C18H18N4O4S. The Hall–Kier alpha value is -2.99. The molecule has 0 radical (unpaired) electrons. The SMILES string of the molecule is Cc1ccc([N+](=O)[O-])c(=O)n1CC(=O)Nc1sc2c(c1C#N)CCC(C)C2. The molecule has 140 valence electrons. The fraction of sp³-hybridized carbons (Fsp3) is 0.389. The minimum atomic E-state index is -0.824. The molecule has 0 fully saturated rings. The predicted molar refractivity (Wildman–Crippen MR) is 101 cm³/mol. The van der Waals surface area contributed by atoms with Crippen LogP contribution in [0, 0.1) is 34.3 Å². The predicted octanol–water partition coefficient (Wildman–Crippen LogP) is 2.76. The summed E-state index contributed by atoms with van der Waals surface area (Å²) >= 11 is 1.40. The highest BCUT2D eigenvalue weighted by Crippen LogP contribution is 2.39. The van der Waals surface area contributed by atoms with Gasteiger partial charge in [0.1, 0.15) is 17.6 Å². The third kappa shape index (κ3) is 3.61. The number of carbonyl (C=O) groups is 1. The van der Waals surface area contributed by atoms with E-state index in [9.17, 15) is 25.0 Å². The highest BCUT2D eigenvalue weighted by atomic mass is 32.1. The Bertz CT molecular complexity index is 1030. The van der Waals surface area contributed by atoms with Crippen LogP contribution in [-0.4, -0.2) is 15.4 Å². The van der Waals surface area contributed by atoms with Crippen LogP contribution in [0.1, 0.15) is 35.0 Å². The highest BCUT2D eigenvalue weighted by Gasteiger charge is 2.25. The summed E-state index contributed by atoms with van der Waals surface area (Å²) in [5.74, 6) is 0.0428. The van der Waals surface area contributed by atoms with Crippen molar-refractivity contribution >= 4 is 27.9 Å². The lowest BCUT2D eigenvalue weighted by Gasteiger charge is -2.17. The normalized spacial score (nSPS) is 15.7. The van der Waals surface area contributed by atoms with E-state index in [-0.39, 0.29) is 6.54 Å². The summed E-state index contributed by atoms with van der Waals surface area (Å²) < 4.78 is 1.06. The fourth-order valence-electron chi connectivity index (χ4n) is 3.26. The number of nitrogens with zero attached hydrogens (tertiary/aromatic N) is 3. The molecule has 9 heteroatoms. The molecule has 0 saturated carbocycles. The van der Waals surface area contributed by atoms with Crippen LogP contribution in [-0.2, 0) is 24.2 Å². The Kier molecular flexibility index (Phi) is 5.10. The van der Waals surface area contributed by atoms with Gasteiger partial charge in [-0.15, -0.1) is 11.3 Å². The number of thiophene rings is 1. The van der Waals surface area contributed by atoms with Gasteiger partial charge in [0.05, 0.1) is 10.5 Å². The van der Waals surface area contributed by atoms with E-state index in [1.165, 1.54) is 17.4 Å². The number of hydrogen-bond acceptors (Lipinski definition) is 6. The van der Waals surface area contributed by atoms with Crippen molar-refractivity contribution in [2.45, 2.75) is 39.7 Å². The molecular weight excluding hydrogens is 368 g/mol. The zero-order valence-electron chi connectivity index (χ0n) is 14.9. The van der Waals surface area contributed by atoms with Crippen LogP contribution in [0.5, 0.6) is 0 Å². The number of rotatable bonds is 4. The zero-order valence-corrected chi connectivity index (χ0v) is 15.8. The second-order valence-electron chi connectivity index (χ2n) is 6.72. The van der Waals surface area contributed by atoms with E-state index in [1.54, 1.807) is 6.92 Å². The van der Waals surface area contributed by atoms with Crippen molar-refractivity contribution in [3.8, 4) is 6.07 Å². The molecule has 2 aromatic rings. The lowest BCUT2D eigenvalue weighted by atomic mass is 9.89. The zero-order chi connectivity index (χ0) is 19.7. The molecule has 0 aliphatic heterocycles. The van der Waals surface area contributed by atoms with Gasteiger partial charge < -0.3 is 5.32 Å². The summed E-state index contributed by atoms with van der Waals surface area (Å²) in [5, 5.41) is 23.6. The molecule has 1 aliphatic rings. The number of anilines is 1. The Morgan fingerprint density at radius 1 is 1.52 bits per heavy atom. The number of aromatic nitrogens is 1. The van der Waals surface area contributed by atoms with Crippen molar-refractivity contribution < 1.29 is 9.72 Å². The number of amides is 1. The minimum Gasteiger partial charge on any atom is -0.315 e. The summed E-state index contributed by atoms with van der Waals surface area (Å²) in [7, 11) is 0. The second kappa shape index (κ2) is 7.32. The van der Waals surface area contributed by atoms with Crippen molar-refractivity contribution in [3.05, 3.63) is 54.3 Å². The average molecular weight is 386 g/mol. The standard InChI is InChI=1S/C18H18N4O4S/c1-10-3-5-12-13(8-19)17(27-15(12)7-10)20-16(23)9-21-11(2)4-6-14(18(21)24)22(25)26/h4,6,10H,3,5,7,9H2,1-2H3,(H,20,23). The molecule has 8 nitrogen and oxygen atoms in total. The first-order valence-corrected chi connectivity index (χ1v) is 9.32. The first-order chi connectivity index (χ1) is 12.8. The summed E-state index contributed by atoms with van der Waals surface area (Å²) in [5.41, 5.74) is 0.528. The maximum atomic E-state index is 12.5. The van der Waals surface area contributed by atoms with Gasteiger partial charge in [-0.3, -0.25) is 24.3 Å². The first-order valence-electron chi connectivity index (χ1n) is 8.51. The van der Waals surface area contributed by atoms with Gasteiger partial charge in [0.2, 0.25) is 5.91 Å². The summed E-state index contributed by atoms with van der Waals surface area (Å²) in [4.78, 5) is 36.0. The molecule has 3 rings (SSSR count). The van der Waals surface area contributed by atoms with Crippen molar-refractivity contribution in [1.82, 2.24) is 4.57 Å². The molecule has 2 heterocycles. The van der Waals surface area contributed by atoms with E-state index in [2.05, 4.69) is 18.3 Å². The number of nitro groups is 1. The first kappa shape index (κ1) is 18.8. The molecule has 1 unspecified atom stereocenters. The van der Waals surface area contributed by atoms with Gasteiger partial charge in [-0.1, -0.05) is 6.92 Å². The summed E-state index contributed by atoms with van der Waals surface area (Å²) in [6, 6.07) is 4.74. The number of nitriles is 1. The smallest absolute Gasteiger partial charge is 0.315 e. The Balaban J connectivity index is 1.86. The number of nitrogens with one attached hydrogen (secondary N) is 1. The Morgan fingerprint density at radius 2 is 2.26 bits per heavy atom. The molecule has 0 aromatic carbocycles. The van der Waals surface area contributed by atoms with Gasteiger partial charge in [-0.05, 0) is 43.7 Å². The largest absolute Gasteiger partial charge is 0.334 e. The van der Waals surface area contributed by atoms with Crippen LogP contribution in [0.15, 0.2) is 16.9 Å². The molecule has 1 atom stereocenters. The van der Waals surface area contributed by atoms with Crippen LogP contribution in [0.3, 0.4) is 0 Å². The maximum absolute atomic E-state index is 12.5. The number of carbonyl (C=O) groups excluding carboxylic acids is 1. The van der Waals surface area contributed by atoms with Crippen LogP contribution in [0.2, 0.25) is 0 Å². The molecule has 1 amide bonds. The van der Waals surface area contributed by atoms with Gasteiger partial charge in [-0.2, -0.15) is 5.26 Å². The Labute approximate surface area is 159 Å². The van der Waals surface area contributed by atoms with Gasteiger partial charge in [0.25, 0.3) is 0 Å². The molecule has 27 heavy (non-hydrogen) atoms. The van der Waals surface area contributed by atoms with Crippen molar-refractivity contribution in [2.24, 2.45) is 5.92 Å². The van der Waals surface area contributed by atoms with E-state index in [4.69, 9.17) is 0 Å². The molecule has 2 aromatic heterocycles. The van der Waals surface area contributed by atoms with Crippen molar-refractivity contribution in [1.29, 1.82) is 5.26 Å². The third-order valence-corrected chi connectivity index (χ3v) is 5.92. The molecule has 0 spiro atoms. The van der Waals surface area contributed by atoms with E-state index in [0.717, 1.165) is 40.3 Å². The molecule has 0 saturated heterocycles. The monoisotopic (exact) mass is 386 g/mol. The van der Waals surface area contributed by atoms with Gasteiger partial charge in [0, 0.05) is 16.6 Å². The van der Waals surface area contributed by atoms with Gasteiger partial charge in [-0.25, -0.2) is 0 Å². The number of hydrogen-bond donors (Lipinski definition) is 1. The van der Waals surface area contributed by atoms with Crippen molar-refractivity contribution in [2.75, 3.05) is 5.32 Å². The maximum Gasteiger partial charge on any atom is 0.334 e. The summed E-state index contributed by atoms with van der Waals surface area (Å²) in [6.45, 7) is 3.41. The quantitative estimate of drug-likeness (QED) is 0.640. The molecule has 1 aliphatic carbocycles. The molecule has 1 N–H and O–H groups in total. The number of pyridine rings is 1. The summed E-state index contributed by atoms with van der Waals surface area (Å²) in [6.07, 6.45) is 2.71. The second-order valence-corrected chi connectivity index (χ2v) is 7.83. The fourth-order valence-corrected chi connectivity index (χ4v) is 4.64. The van der Waals surface area contributed by atoms with Gasteiger partial charge >= 0.3 is 11.2 Å². The highest BCUT2D eigenvalue weighted by molar-refractivity contribution is 7.16. The van der Waals surface area contributed by atoms with Crippen LogP contribution >= 0.6 is 11.3 Å². The van der Waals surface area contributed by atoms with Crippen LogP contribution in [0.4, 0.5) is 10.7 Å². The molecule has 0 bridgehead atoms. The Morgan fingerprint density at radius 3 is 2.93 bits per heavy atom. The number of fused-ring (bicyclic) bond motifs is 1. The average Bonchev–Trinajstić information content (AvgIpc) is 2.93. The van der Waals surface area contributed by atoms with E-state index in [0.29, 0.717) is 22.2 Å². The van der Waals surface area contributed by atoms with E-state index < -0.39 is 22.1 Å². The van der Waals surface area contributed by atoms with E-state index in [1.807, 2.05) is 0 Å². The van der Waals surface area contributed by atoms with Crippen molar-refractivity contribution in [3.63, 3.8) is 0 Å². The lowest BCUT2D eigenvalue weighted by molar-refractivity contribution is -0.386. The minimum absolute atomic E-state index is 0.351. The number of aryl methyl sites for hydroxylation is 1.